The SMILES string of the molecule is CNC(C)CNS(=O)(=O)c1ccc(F)c(Br)c1. The molecular weight excluding hydrogens is 311 g/mol. The van der Waals surface area contributed by atoms with Crippen molar-refractivity contribution in [2.75, 3.05) is 13.6 Å². The molecule has 0 radical (unpaired) electrons. The first kappa shape index (κ1) is 14.6. The Morgan fingerprint density at radius 3 is 2.65 bits per heavy atom. The molecule has 1 unspecified atom stereocenters. The molecule has 0 aromatic heterocycles. The van der Waals surface area contributed by atoms with Gasteiger partial charge in [0.15, 0.2) is 0 Å². The van der Waals surface area contributed by atoms with Crippen LogP contribution >= 0.6 is 15.9 Å². The summed E-state index contributed by atoms with van der Waals surface area (Å²) in [5.41, 5.74) is 0. The van der Waals surface area contributed by atoms with Gasteiger partial charge in [0.2, 0.25) is 10.0 Å². The molecule has 0 aliphatic heterocycles. The molecule has 0 heterocycles. The zero-order valence-electron chi connectivity index (χ0n) is 9.50. The molecule has 0 spiro atoms. The number of hydrogen-bond acceptors (Lipinski definition) is 3. The van der Waals surface area contributed by atoms with Crippen molar-refractivity contribution < 1.29 is 12.8 Å². The van der Waals surface area contributed by atoms with Crippen LogP contribution in [-0.4, -0.2) is 28.1 Å². The Balaban J connectivity index is 2.86. The summed E-state index contributed by atoms with van der Waals surface area (Å²) >= 11 is 2.95. The lowest BCUT2D eigenvalue weighted by Crippen LogP contribution is -2.37. The van der Waals surface area contributed by atoms with Gasteiger partial charge in [-0.25, -0.2) is 17.5 Å². The van der Waals surface area contributed by atoms with Crippen LogP contribution in [0.2, 0.25) is 0 Å². The monoisotopic (exact) mass is 324 g/mol. The molecule has 4 nitrogen and oxygen atoms in total. The number of likely N-dealkylation sites (N-methyl/N-ethyl adjacent to an activating group) is 1. The topological polar surface area (TPSA) is 58.2 Å². The summed E-state index contributed by atoms with van der Waals surface area (Å²) in [5.74, 6) is -0.493. The first-order valence-electron chi connectivity index (χ1n) is 4.99. The number of hydrogen-bond donors (Lipinski definition) is 2. The van der Waals surface area contributed by atoms with Crippen LogP contribution in [0.1, 0.15) is 6.92 Å². The molecule has 7 heteroatoms. The minimum atomic E-state index is -3.59. The zero-order chi connectivity index (χ0) is 13.1. The molecule has 0 aliphatic rings. The first-order valence-corrected chi connectivity index (χ1v) is 7.26. The Labute approximate surface area is 109 Å². The highest BCUT2D eigenvalue weighted by atomic mass is 79.9. The Hall–Kier alpha value is -0.500. The molecule has 2 N–H and O–H groups in total. The molecule has 0 aliphatic carbocycles. The second-order valence-corrected chi connectivity index (χ2v) is 6.24. The van der Waals surface area contributed by atoms with Gasteiger partial charge in [-0.2, -0.15) is 0 Å². The Morgan fingerprint density at radius 1 is 1.47 bits per heavy atom. The molecule has 96 valence electrons. The maximum Gasteiger partial charge on any atom is 0.240 e. The van der Waals surface area contributed by atoms with E-state index in [1.807, 2.05) is 6.92 Å². The molecule has 0 bridgehead atoms. The number of halogens is 2. The molecule has 1 rings (SSSR count). The average molecular weight is 325 g/mol. The van der Waals surface area contributed by atoms with E-state index in [9.17, 15) is 12.8 Å². The van der Waals surface area contributed by atoms with Crippen LogP contribution in [0.4, 0.5) is 4.39 Å². The molecule has 1 aromatic carbocycles. The van der Waals surface area contributed by atoms with Crippen molar-refractivity contribution in [1.29, 1.82) is 0 Å². The quantitative estimate of drug-likeness (QED) is 0.862. The predicted octanol–water partition coefficient (Wildman–Crippen LogP) is 1.47. The van der Waals surface area contributed by atoms with E-state index in [0.717, 1.165) is 6.07 Å². The van der Waals surface area contributed by atoms with E-state index < -0.39 is 15.8 Å². The van der Waals surface area contributed by atoms with Crippen LogP contribution in [0.25, 0.3) is 0 Å². The summed E-state index contributed by atoms with van der Waals surface area (Å²) in [6.07, 6.45) is 0. The largest absolute Gasteiger partial charge is 0.316 e. The van der Waals surface area contributed by atoms with Crippen LogP contribution in [-0.2, 0) is 10.0 Å². The molecule has 1 aromatic rings. The maximum absolute atomic E-state index is 13.0. The fourth-order valence-corrected chi connectivity index (χ4v) is 2.75. The third kappa shape index (κ3) is 4.02. The summed E-state index contributed by atoms with van der Waals surface area (Å²) in [6.45, 7) is 2.12. The van der Waals surface area contributed by atoms with E-state index in [0.29, 0.717) is 0 Å². The van der Waals surface area contributed by atoms with E-state index in [4.69, 9.17) is 0 Å². The molecule has 0 saturated heterocycles. The number of rotatable bonds is 5. The Kier molecular flexibility index (Phi) is 5.05. The molecule has 1 atom stereocenters. The van der Waals surface area contributed by atoms with E-state index in [2.05, 4.69) is 26.0 Å². The summed E-state index contributed by atoms with van der Waals surface area (Å²) in [5, 5.41) is 2.91. The van der Waals surface area contributed by atoms with Crippen LogP contribution in [0.5, 0.6) is 0 Å². The van der Waals surface area contributed by atoms with Gasteiger partial charge in [0.25, 0.3) is 0 Å². The van der Waals surface area contributed by atoms with Crippen LogP contribution in [0.3, 0.4) is 0 Å². The fourth-order valence-electron chi connectivity index (χ4n) is 1.06. The second kappa shape index (κ2) is 5.90. The van der Waals surface area contributed by atoms with Crippen molar-refractivity contribution in [3.05, 3.63) is 28.5 Å². The van der Waals surface area contributed by atoms with Crippen LogP contribution < -0.4 is 10.0 Å². The average Bonchev–Trinajstić information content (AvgIpc) is 2.29. The lowest BCUT2D eigenvalue weighted by molar-refractivity contribution is 0.553. The molecule has 0 amide bonds. The van der Waals surface area contributed by atoms with Gasteiger partial charge in [-0.15, -0.1) is 0 Å². The lowest BCUT2D eigenvalue weighted by atomic mass is 10.3. The third-order valence-corrected chi connectivity index (χ3v) is 4.30. The smallest absolute Gasteiger partial charge is 0.240 e. The van der Waals surface area contributed by atoms with Gasteiger partial charge in [0.05, 0.1) is 9.37 Å². The minimum absolute atomic E-state index is 0.0219. The first-order chi connectivity index (χ1) is 7.86. The van der Waals surface area contributed by atoms with E-state index in [1.54, 1.807) is 7.05 Å². The maximum atomic E-state index is 13.0. The predicted molar refractivity (Wildman–Crippen MR) is 67.8 cm³/mol. The fraction of sp³-hybridized carbons (Fsp3) is 0.400. The standard InChI is InChI=1S/C10H14BrFN2O2S/c1-7(13-2)6-14-17(15,16)8-3-4-10(12)9(11)5-8/h3-5,7,13-14H,6H2,1-2H3. The van der Waals surface area contributed by atoms with Crippen molar-refractivity contribution in [3.8, 4) is 0 Å². The van der Waals surface area contributed by atoms with Gasteiger partial charge in [0, 0.05) is 12.6 Å². The van der Waals surface area contributed by atoms with Crippen molar-refractivity contribution >= 4 is 26.0 Å². The Bertz CT molecular complexity index is 493. The van der Waals surface area contributed by atoms with E-state index >= 15 is 0 Å². The van der Waals surface area contributed by atoms with E-state index in [-0.39, 0.29) is 22.0 Å². The lowest BCUT2D eigenvalue weighted by Gasteiger charge is -2.12. The highest BCUT2D eigenvalue weighted by Gasteiger charge is 2.16. The van der Waals surface area contributed by atoms with Crippen LogP contribution in [0, 0.1) is 5.82 Å². The molecule has 17 heavy (non-hydrogen) atoms. The van der Waals surface area contributed by atoms with Gasteiger partial charge in [-0.3, -0.25) is 0 Å². The van der Waals surface area contributed by atoms with Gasteiger partial charge in [-0.1, -0.05) is 0 Å². The molecule has 0 saturated carbocycles. The van der Waals surface area contributed by atoms with Gasteiger partial charge in [-0.05, 0) is 48.1 Å². The third-order valence-electron chi connectivity index (χ3n) is 2.27. The Morgan fingerprint density at radius 2 is 2.12 bits per heavy atom. The van der Waals surface area contributed by atoms with Gasteiger partial charge in [0.1, 0.15) is 5.82 Å². The highest BCUT2D eigenvalue weighted by Crippen LogP contribution is 2.19. The molecule has 0 fully saturated rings. The highest BCUT2D eigenvalue weighted by molar-refractivity contribution is 9.10. The van der Waals surface area contributed by atoms with Crippen molar-refractivity contribution in [3.63, 3.8) is 0 Å². The van der Waals surface area contributed by atoms with Crippen LogP contribution in [0.15, 0.2) is 27.6 Å². The summed E-state index contributed by atoms with van der Waals surface area (Å²) in [4.78, 5) is 0.0362. The number of nitrogens with one attached hydrogen (secondary N) is 2. The van der Waals surface area contributed by atoms with Crippen molar-refractivity contribution in [1.82, 2.24) is 10.0 Å². The molecular formula is C10H14BrFN2O2S. The summed E-state index contributed by atoms with van der Waals surface area (Å²) in [7, 11) is -1.85. The van der Waals surface area contributed by atoms with Crippen molar-refractivity contribution in [2.24, 2.45) is 0 Å². The van der Waals surface area contributed by atoms with Crippen molar-refractivity contribution in [2.45, 2.75) is 17.9 Å². The van der Waals surface area contributed by atoms with E-state index in [1.165, 1.54) is 12.1 Å². The normalized spacial score (nSPS) is 13.6. The number of benzene rings is 1. The van der Waals surface area contributed by atoms with Gasteiger partial charge >= 0.3 is 0 Å². The second-order valence-electron chi connectivity index (χ2n) is 3.62. The van der Waals surface area contributed by atoms with Gasteiger partial charge < -0.3 is 5.32 Å². The minimum Gasteiger partial charge on any atom is -0.316 e. The summed E-state index contributed by atoms with van der Waals surface area (Å²) < 4.78 is 39.2. The number of sulfonamides is 1. The summed E-state index contributed by atoms with van der Waals surface area (Å²) in [6, 6.07) is 3.60. The zero-order valence-corrected chi connectivity index (χ0v) is 11.9.